The number of rotatable bonds is 7. The molecule has 1 heterocycles. The van der Waals surface area contributed by atoms with Gasteiger partial charge < -0.3 is 10.0 Å². The summed E-state index contributed by atoms with van der Waals surface area (Å²) in [6.45, 7) is 8.04. The first-order valence-corrected chi connectivity index (χ1v) is 13.2. The molecule has 0 aliphatic carbocycles. The summed E-state index contributed by atoms with van der Waals surface area (Å²) in [7, 11) is 0. The van der Waals surface area contributed by atoms with Gasteiger partial charge in [-0.05, 0) is 72.5 Å². The number of anilines is 2. The topological polar surface area (TPSA) is 60.9 Å². The van der Waals surface area contributed by atoms with E-state index in [1.54, 1.807) is 6.07 Å². The van der Waals surface area contributed by atoms with E-state index in [1.165, 1.54) is 4.90 Å². The lowest BCUT2D eigenvalue weighted by molar-refractivity contribution is -0.132. The van der Waals surface area contributed by atoms with E-state index < -0.39 is 17.7 Å². The van der Waals surface area contributed by atoms with Crippen molar-refractivity contribution < 1.29 is 14.7 Å². The molecule has 38 heavy (non-hydrogen) atoms. The van der Waals surface area contributed by atoms with Gasteiger partial charge in [0.05, 0.1) is 11.6 Å². The van der Waals surface area contributed by atoms with E-state index in [0.29, 0.717) is 11.3 Å². The highest BCUT2D eigenvalue weighted by atomic mass is 16.3. The Hall–Kier alpha value is -4.38. The predicted molar refractivity (Wildman–Crippen MR) is 155 cm³/mol. The molecule has 0 saturated carbocycles. The molecule has 5 rings (SSSR count). The number of aliphatic hydroxyl groups is 1. The number of carbonyl (C=O) groups excluding carboxylic acids is 2. The quantitative estimate of drug-likeness (QED) is 0.169. The second-order valence-electron chi connectivity index (χ2n) is 9.51. The molecule has 5 nitrogen and oxygen atoms in total. The van der Waals surface area contributed by atoms with Crippen LogP contribution < -0.4 is 9.80 Å². The maximum absolute atomic E-state index is 13.5. The van der Waals surface area contributed by atoms with Crippen molar-refractivity contribution in [3.05, 3.63) is 113 Å². The first kappa shape index (κ1) is 25.3. The molecule has 192 valence electrons. The number of benzene rings is 4. The zero-order valence-corrected chi connectivity index (χ0v) is 22.0. The summed E-state index contributed by atoms with van der Waals surface area (Å²) >= 11 is 0. The van der Waals surface area contributed by atoms with Gasteiger partial charge in [0.25, 0.3) is 11.7 Å². The van der Waals surface area contributed by atoms with Crippen LogP contribution in [0.15, 0.2) is 96.6 Å². The Morgan fingerprint density at radius 1 is 0.816 bits per heavy atom. The molecule has 1 unspecified atom stereocenters. The molecule has 0 bridgehead atoms. The smallest absolute Gasteiger partial charge is 0.300 e. The average Bonchev–Trinajstić information content (AvgIpc) is 3.23. The molecular weight excluding hydrogens is 472 g/mol. The molecule has 1 N–H and O–H groups in total. The maximum Gasteiger partial charge on any atom is 0.300 e. The van der Waals surface area contributed by atoms with Crippen molar-refractivity contribution in [2.45, 2.75) is 33.2 Å². The number of carbonyl (C=O) groups is 2. The van der Waals surface area contributed by atoms with Gasteiger partial charge in [0, 0.05) is 30.0 Å². The third-order valence-corrected chi connectivity index (χ3v) is 7.43. The number of hydrogen-bond donors (Lipinski definition) is 1. The van der Waals surface area contributed by atoms with E-state index in [9.17, 15) is 14.7 Å². The van der Waals surface area contributed by atoms with Crippen LogP contribution in [0.1, 0.15) is 43.5 Å². The van der Waals surface area contributed by atoms with Crippen molar-refractivity contribution >= 4 is 39.6 Å². The molecule has 1 atom stereocenters. The Labute approximate surface area is 223 Å². The maximum atomic E-state index is 13.5. The third-order valence-electron chi connectivity index (χ3n) is 7.43. The third kappa shape index (κ3) is 4.45. The van der Waals surface area contributed by atoms with Gasteiger partial charge in [0.2, 0.25) is 0 Å². The van der Waals surface area contributed by atoms with Crippen molar-refractivity contribution in [2.75, 3.05) is 22.9 Å². The number of fused-ring (bicyclic) bond motifs is 1. The van der Waals surface area contributed by atoms with Gasteiger partial charge in [-0.25, -0.2) is 0 Å². The first-order valence-electron chi connectivity index (χ1n) is 13.2. The molecule has 0 spiro atoms. The first-order chi connectivity index (χ1) is 18.5. The predicted octanol–water partition coefficient (Wildman–Crippen LogP) is 6.87. The number of hydrogen-bond acceptors (Lipinski definition) is 4. The van der Waals surface area contributed by atoms with Crippen LogP contribution >= 0.6 is 0 Å². The number of aliphatic hydroxyl groups excluding tert-OH is 1. The molecule has 1 aliphatic rings. The van der Waals surface area contributed by atoms with Gasteiger partial charge in [0.1, 0.15) is 5.76 Å². The highest BCUT2D eigenvalue weighted by Crippen LogP contribution is 2.42. The average molecular weight is 505 g/mol. The fourth-order valence-electron chi connectivity index (χ4n) is 5.25. The van der Waals surface area contributed by atoms with Gasteiger partial charge in [0.15, 0.2) is 0 Å². The van der Waals surface area contributed by atoms with Crippen LogP contribution in [0.2, 0.25) is 0 Å². The second kappa shape index (κ2) is 10.5. The van der Waals surface area contributed by atoms with E-state index >= 15 is 0 Å². The minimum Gasteiger partial charge on any atom is -0.507 e. The molecule has 0 aromatic heterocycles. The Balaban J connectivity index is 1.67. The Morgan fingerprint density at radius 2 is 1.47 bits per heavy atom. The van der Waals surface area contributed by atoms with Gasteiger partial charge in [-0.2, -0.15) is 0 Å². The van der Waals surface area contributed by atoms with Gasteiger partial charge in [-0.3, -0.25) is 14.5 Å². The summed E-state index contributed by atoms with van der Waals surface area (Å²) in [6, 6.07) is 28.3. The van der Waals surface area contributed by atoms with E-state index in [-0.39, 0.29) is 11.3 Å². The molecule has 1 saturated heterocycles. The van der Waals surface area contributed by atoms with Crippen molar-refractivity contribution in [3.8, 4) is 0 Å². The summed E-state index contributed by atoms with van der Waals surface area (Å²) in [6.07, 6.45) is 0.872. The van der Waals surface area contributed by atoms with Gasteiger partial charge in [-0.1, -0.05) is 67.6 Å². The molecule has 1 fully saturated rings. The molecule has 1 aliphatic heterocycles. The molecule has 1 amide bonds. The second-order valence-corrected chi connectivity index (χ2v) is 9.51. The summed E-state index contributed by atoms with van der Waals surface area (Å²) in [5.74, 6) is -1.50. The van der Waals surface area contributed by atoms with E-state index in [0.717, 1.165) is 47.1 Å². The summed E-state index contributed by atoms with van der Waals surface area (Å²) in [4.78, 5) is 30.8. The SMILES string of the molecule is CCc1ccc(N2C(=O)C(=O)/C(=C(\O)c3ccc4ccccc4c3)C2c2ccc(N(CC)CC)cc2)cc1. The van der Waals surface area contributed by atoms with Crippen molar-refractivity contribution in [2.24, 2.45) is 0 Å². The molecule has 0 radical (unpaired) electrons. The Morgan fingerprint density at radius 3 is 2.11 bits per heavy atom. The van der Waals surface area contributed by atoms with Crippen LogP contribution in [0.4, 0.5) is 11.4 Å². The summed E-state index contributed by atoms with van der Waals surface area (Å²) in [5, 5.41) is 13.5. The highest BCUT2D eigenvalue weighted by Gasteiger charge is 2.47. The summed E-state index contributed by atoms with van der Waals surface area (Å²) < 4.78 is 0. The van der Waals surface area contributed by atoms with Crippen LogP contribution in [-0.4, -0.2) is 29.9 Å². The Bertz CT molecular complexity index is 1520. The number of amides is 1. The van der Waals surface area contributed by atoms with E-state index in [4.69, 9.17) is 0 Å². The van der Waals surface area contributed by atoms with E-state index in [2.05, 4.69) is 25.7 Å². The molecule has 5 heteroatoms. The minimum absolute atomic E-state index is 0.0976. The van der Waals surface area contributed by atoms with Gasteiger partial charge >= 0.3 is 0 Å². The van der Waals surface area contributed by atoms with Crippen molar-refractivity contribution in [1.82, 2.24) is 0 Å². The van der Waals surface area contributed by atoms with Crippen molar-refractivity contribution in [1.29, 1.82) is 0 Å². The van der Waals surface area contributed by atoms with Crippen LogP contribution in [0.25, 0.3) is 16.5 Å². The van der Waals surface area contributed by atoms with E-state index in [1.807, 2.05) is 84.9 Å². The fourth-order valence-corrected chi connectivity index (χ4v) is 5.25. The number of aryl methyl sites for hydroxylation is 1. The normalized spacial score (nSPS) is 16.8. The highest BCUT2D eigenvalue weighted by molar-refractivity contribution is 6.51. The lowest BCUT2D eigenvalue weighted by Crippen LogP contribution is -2.29. The minimum atomic E-state index is -0.750. The molecule has 4 aromatic carbocycles. The molecular formula is C33H32N2O3. The number of nitrogens with zero attached hydrogens (tertiary/aromatic N) is 2. The lowest BCUT2D eigenvalue weighted by Gasteiger charge is -2.27. The zero-order valence-electron chi connectivity index (χ0n) is 22.0. The zero-order chi connectivity index (χ0) is 26.8. The van der Waals surface area contributed by atoms with Crippen LogP contribution in [0, 0.1) is 0 Å². The van der Waals surface area contributed by atoms with Crippen LogP contribution in [0.3, 0.4) is 0 Å². The fraction of sp³-hybridized carbons (Fsp3) is 0.212. The van der Waals surface area contributed by atoms with Crippen LogP contribution in [-0.2, 0) is 16.0 Å². The van der Waals surface area contributed by atoms with Crippen LogP contribution in [0.5, 0.6) is 0 Å². The van der Waals surface area contributed by atoms with Gasteiger partial charge in [-0.15, -0.1) is 0 Å². The summed E-state index contributed by atoms with van der Waals surface area (Å²) in [5.41, 5.74) is 4.20. The Kier molecular flexibility index (Phi) is 7.01. The largest absolute Gasteiger partial charge is 0.507 e. The van der Waals surface area contributed by atoms with Crippen molar-refractivity contribution in [3.63, 3.8) is 0 Å². The number of Topliss-reactive ketones (excluding diaryl/α,β-unsaturated/α-hetero) is 1. The number of ketones is 1. The lowest BCUT2D eigenvalue weighted by atomic mass is 9.94. The standard InChI is InChI=1S/C33H32N2O3/c1-4-22-11-17-28(18-12-22)35-30(24-15-19-27(20-16-24)34(5-2)6-3)29(32(37)33(35)38)31(36)26-14-13-23-9-7-8-10-25(23)21-26/h7-21,30,36H,4-6H2,1-3H3/b31-29-. The molecule has 4 aromatic rings. The monoisotopic (exact) mass is 504 g/mol.